The lowest BCUT2D eigenvalue weighted by Gasteiger charge is -2.28. The molecule has 0 saturated carbocycles. The Hall–Kier alpha value is -5.39. The quantitative estimate of drug-likeness (QED) is 0.0962. The third-order valence-corrected chi connectivity index (χ3v) is 10.8. The topological polar surface area (TPSA) is 86.2 Å². The molecule has 0 atom stereocenters. The highest BCUT2D eigenvalue weighted by Gasteiger charge is 2.30. The highest BCUT2D eigenvalue weighted by molar-refractivity contribution is 7.87. The minimum absolute atomic E-state index is 0.0206. The molecule has 0 aliphatic heterocycles. The van der Waals surface area contributed by atoms with Crippen LogP contribution < -0.4 is 26.0 Å². The predicted octanol–water partition coefficient (Wildman–Crippen LogP) is 7.03. The third-order valence-electron chi connectivity index (χ3n) is 7.16. The fraction of sp³-hybridized carbons (Fsp3) is 0.105. The number of nitrogens with one attached hydrogen (secondary N) is 1. The Kier molecular flexibility index (Phi) is 10.8. The van der Waals surface area contributed by atoms with Crippen LogP contribution in [0.15, 0.2) is 156 Å². The maximum absolute atomic E-state index is 13.8. The second-order valence-corrected chi connectivity index (χ2v) is 13.1. The SMILES string of the molecule is CCOC(=O)/C(NC(=O)OCc1ccccc1)=C(/N=P(c1ccccc1)(c1ccccc1)c1ccccc1)c1ccc(OC)cc1. The van der Waals surface area contributed by atoms with Gasteiger partial charge in [0.1, 0.15) is 18.1 Å². The number of rotatable bonds is 11. The molecule has 46 heavy (non-hydrogen) atoms. The second kappa shape index (κ2) is 15.6. The third kappa shape index (κ3) is 7.45. The monoisotopic (exact) mass is 630 g/mol. The van der Waals surface area contributed by atoms with Gasteiger partial charge in [0.05, 0.1) is 20.8 Å². The zero-order valence-electron chi connectivity index (χ0n) is 25.7. The molecule has 5 aromatic carbocycles. The Morgan fingerprint density at radius 3 is 1.59 bits per heavy atom. The van der Waals surface area contributed by atoms with Crippen molar-refractivity contribution >= 4 is 40.7 Å². The number of ether oxygens (including phenoxy) is 3. The van der Waals surface area contributed by atoms with Gasteiger partial charge < -0.3 is 14.2 Å². The van der Waals surface area contributed by atoms with Crippen molar-refractivity contribution < 1.29 is 23.8 Å². The highest BCUT2D eigenvalue weighted by atomic mass is 31.2. The minimum atomic E-state index is -2.88. The molecule has 0 aliphatic rings. The van der Waals surface area contributed by atoms with Crippen molar-refractivity contribution in [2.45, 2.75) is 13.5 Å². The molecule has 7 nitrogen and oxygen atoms in total. The number of carbonyl (C=O) groups excluding carboxylic acids is 2. The van der Waals surface area contributed by atoms with Crippen LogP contribution in [0.3, 0.4) is 0 Å². The van der Waals surface area contributed by atoms with Crippen molar-refractivity contribution in [2.24, 2.45) is 4.74 Å². The molecule has 0 spiro atoms. The zero-order valence-corrected chi connectivity index (χ0v) is 26.6. The van der Waals surface area contributed by atoms with E-state index >= 15 is 0 Å². The number of benzene rings is 5. The summed E-state index contributed by atoms with van der Waals surface area (Å²) in [6.45, 7) is 1.82. The van der Waals surface area contributed by atoms with Crippen LogP contribution in [-0.2, 0) is 20.9 Å². The maximum Gasteiger partial charge on any atom is 0.412 e. The first-order chi connectivity index (χ1) is 22.5. The standard InChI is InChI=1S/C38H35N2O5P/c1-3-44-37(41)36(39-38(42)45-28-29-16-8-4-9-17-29)35(30-24-26-31(43-2)27-25-30)40-46(32-18-10-5-11-19-32,33-20-12-6-13-21-33)34-22-14-7-15-23-34/h4-27H,3,28H2,1-2H3,(H,39,42)/b36-35-. The van der Waals surface area contributed by atoms with Gasteiger partial charge in [-0.2, -0.15) is 0 Å². The maximum atomic E-state index is 13.8. The summed E-state index contributed by atoms with van der Waals surface area (Å²) in [4.78, 5) is 27.1. The van der Waals surface area contributed by atoms with Crippen LogP contribution in [-0.4, -0.2) is 25.8 Å². The molecule has 1 N–H and O–H groups in total. The van der Waals surface area contributed by atoms with Crippen molar-refractivity contribution in [1.29, 1.82) is 0 Å². The summed E-state index contributed by atoms with van der Waals surface area (Å²) < 4.78 is 22.1. The average Bonchev–Trinajstić information content (AvgIpc) is 3.12. The number of nitrogens with zero attached hydrogens (tertiary/aromatic N) is 1. The van der Waals surface area contributed by atoms with E-state index in [-0.39, 0.29) is 24.6 Å². The lowest BCUT2D eigenvalue weighted by atomic mass is 10.1. The molecule has 0 saturated heterocycles. The Bertz CT molecular complexity index is 1720. The number of alkyl carbamates (subject to hydrolysis) is 1. The van der Waals surface area contributed by atoms with Gasteiger partial charge in [-0.25, -0.2) is 9.59 Å². The van der Waals surface area contributed by atoms with Crippen LogP contribution >= 0.6 is 7.05 Å². The summed E-state index contributed by atoms with van der Waals surface area (Å²) in [5, 5.41) is 5.61. The number of carbonyl (C=O) groups is 2. The molecule has 0 aromatic heterocycles. The summed E-state index contributed by atoms with van der Waals surface area (Å²) >= 11 is 0. The van der Waals surface area contributed by atoms with Gasteiger partial charge in [0.15, 0.2) is 5.70 Å². The molecule has 0 aliphatic carbocycles. The second-order valence-electron chi connectivity index (χ2n) is 10.1. The number of hydrogen-bond acceptors (Lipinski definition) is 6. The number of esters is 1. The Balaban J connectivity index is 1.82. The first-order valence-corrected chi connectivity index (χ1v) is 16.6. The van der Waals surface area contributed by atoms with Crippen molar-refractivity contribution in [2.75, 3.05) is 13.7 Å². The van der Waals surface area contributed by atoms with Gasteiger partial charge in [0.2, 0.25) is 0 Å². The normalized spacial score (nSPS) is 11.5. The lowest BCUT2D eigenvalue weighted by molar-refractivity contribution is -0.138. The summed E-state index contributed by atoms with van der Waals surface area (Å²) in [6.07, 6.45) is -0.809. The van der Waals surface area contributed by atoms with E-state index in [4.69, 9.17) is 19.0 Å². The van der Waals surface area contributed by atoms with Crippen molar-refractivity contribution in [3.8, 4) is 5.75 Å². The van der Waals surface area contributed by atoms with Crippen LogP contribution in [0.5, 0.6) is 5.75 Å². The number of methoxy groups -OCH3 is 1. The van der Waals surface area contributed by atoms with Gasteiger partial charge >= 0.3 is 12.1 Å². The predicted molar refractivity (Wildman–Crippen MR) is 184 cm³/mol. The first-order valence-electron chi connectivity index (χ1n) is 14.9. The number of hydrogen-bond donors (Lipinski definition) is 1. The van der Waals surface area contributed by atoms with Crippen molar-refractivity contribution in [3.63, 3.8) is 0 Å². The van der Waals surface area contributed by atoms with Crippen LogP contribution in [0, 0.1) is 0 Å². The van der Waals surface area contributed by atoms with E-state index in [0.717, 1.165) is 21.5 Å². The molecule has 0 unspecified atom stereocenters. The van der Waals surface area contributed by atoms with Crippen molar-refractivity contribution in [1.82, 2.24) is 5.32 Å². The largest absolute Gasteiger partial charge is 0.497 e. The molecule has 1 amide bonds. The van der Waals surface area contributed by atoms with E-state index < -0.39 is 19.1 Å². The van der Waals surface area contributed by atoms with E-state index in [1.807, 2.05) is 97.1 Å². The summed E-state index contributed by atoms with van der Waals surface area (Å²) in [6, 6.07) is 46.6. The van der Waals surface area contributed by atoms with Gasteiger partial charge in [-0.3, -0.25) is 10.1 Å². The fourth-order valence-electron chi connectivity index (χ4n) is 4.97. The van der Waals surface area contributed by atoms with E-state index in [2.05, 4.69) is 41.7 Å². The molecule has 0 heterocycles. The smallest absolute Gasteiger partial charge is 0.412 e. The van der Waals surface area contributed by atoms with Gasteiger partial charge in [-0.1, -0.05) is 121 Å². The van der Waals surface area contributed by atoms with Crippen LogP contribution in [0.1, 0.15) is 18.1 Å². The fourth-order valence-corrected chi connectivity index (χ4v) is 8.54. The molecular weight excluding hydrogens is 595 g/mol. The lowest BCUT2D eigenvalue weighted by Crippen LogP contribution is -2.31. The minimum Gasteiger partial charge on any atom is -0.497 e. The summed E-state index contributed by atoms with van der Waals surface area (Å²) in [5.74, 6) is -0.104. The van der Waals surface area contributed by atoms with Gasteiger partial charge in [0, 0.05) is 21.5 Å². The number of amides is 1. The van der Waals surface area contributed by atoms with Crippen LogP contribution in [0.25, 0.3) is 5.70 Å². The van der Waals surface area contributed by atoms with Crippen molar-refractivity contribution in [3.05, 3.63) is 162 Å². The van der Waals surface area contributed by atoms with E-state index in [1.165, 1.54) is 0 Å². The average molecular weight is 631 g/mol. The Morgan fingerprint density at radius 1 is 0.652 bits per heavy atom. The van der Waals surface area contributed by atoms with Gasteiger partial charge in [-0.05, 0) is 36.8 Å². The van der Waals surface area contributed by atoms with Gasteiger partial charge in [0.25, 0.3) is 0 Å². The van der Waals surface area contributed by atoms with Crippen LogP contribution in [0.2, 0.25) is 0 Å². The molecule has 0 fully saturated rings. The molecule has 8 heteroatoms. The highest BCUT2D eigenvalue weighted by Crippen LogP contribution is 2.49. The first kappa shape index (κ1) is 32.0. The van der Waals surface area contributed by atoms with E-state index in [1.54, 1.807) is 26.2 Å². The Morgan fingerprint density at radius 2 is 1.13 bits per heavy atom. The van der Waals surface area contributed by atoms with Crippen LogP contribution in [0.4, 0.5) is 4.79 Å². The molecule has 232 valence electrons. The molecule has 5 aromatic rings. The zero-order chi connectivity index (χ0) is 32.2. The van der Waals surface area contributed by atoms with E-state index in [9.17, 15) is 9.59 Å². The molecule has 0 bridgehead atoms. The molecular formula is C38H35N2O5P. The summed E-state index contributed by atoms with van der Waals surface area (Å²) in [5.41, 5.74) is 1.51. The molecule has 5 rings (SSSR count). The van der Waals surface area contributed by atoms with E-state index in [0.29, 0.717) is 11.3 Å². The molecule has 0 radical (unpaired) electrons. The van der Waals surface area contributed by atoms with Gasteiger partial charge in [-0.15, -0.1) is 0 Å². The summed E-state index contributed by atoms with van der Waals surface area (Å²) in [7, 11) is -1.29. The Labute approximate surface area is 269 Å².